The monoisotopic (exact) mass is 385 g/mol. The van der Waals surface area contributed by atoms with E-state index in [4.69, 9.17) is 16.3 Å². The lowest BCUT2D eigenvalue weighted by Crippen LogP contribution is -2.40. The van der Waals surface area contributed by atoms with Crippen LogP contribution in [0.2, 0.25) is 5.02 Å². The quantitative estimate of drug-likeness (QED) is 0.347. The van der Waals surface area contributed by atoms with Gasteiger partial charge in [-0.05, 0) is 67.2 Å². The third kappa shape index (κ3) is 2.40. The Balaban J connectivity index is 1.32. The Morgan fingerprint density at radius 3 is 2.11 bits per heavy atom. The summed E-state index contributed by atoms with van der Waals surface area (Å²) < 4.78 is 5.38. The minimum Gasteiger partial charge on any atom is -0.425 e. The zero-order valence-electron chi connectivity index (χ0n) is 15.1. The van der Waals surface area contributed by atoms with E-state index >= 15 is 0 Å². The predicted octanol–water partition coefficient (Wildman–Crippen LogP) is 2.92. The van der Waals surface area contributed by atoms with Crippen LogP contribution in [-0.2, 0) is 14.4 Å². The molecule has 1 aromatic carbocycles. The van der Waals surface area contributed by atoms with E-state index in [-0.39, 0.29) is 42.0 Å². The fourth-order valence-corrected chi connectivity index (χ4v) is 5.54. The predicted molar refractivity (Wildman–Crippen MR) is 98.0 cm³/mol. The lowest BCUT2D eigenvalue weighted by molar-refractivity contribution is -0.148. The highest BCUT2D eigenvalue weighted by Crippen LogP contribution is 2.65. The fraction of sp³-hybridized carbons (Fsp3) is 0.476. The van der Waals surface area contributed by atoms with Gasteiger partial charge in [-0.3, -0.25) is 14.5 Å². The van der Waals surface area contributed by atoms with E-state index in [1.165, 1.54) is 0 Å². The van der Waals surface area contributed by atoms with Crippen LogP contribution in [0.5, 0.6) is 5.75 Å². The Morgan fingerprint density at radius 2 is 1.59 bits per heavy atom. The molecular formula is C21H20ClNO4. The molecule has 6 heteroatoms. The molecule has 1 heterocycles. The highest BCUT2D eigenvalue weighted by molar-refractivity contribution is 6.32. The maximum atomic E-state index is 12.9. The first kappa shape index (κ1) is 17.0. The standard InChI is InChI=1S/C21H20ClNO4/c1-9-5-11(6-10(2)19(9)22)27-16(24)8-23-20(25)17-12-3-4-13(15-7-14(12)15)18(17)21(23)26/h3-6,12-15,17-18H,7-8H2,1-2H3/t12-,13-,14-,15-,17+,18+/m1/s1. The van der Waals surface area contributed by atoms with Gasteiger partial charge in [-0.1, -0.05) is 23.8 Å². The molecular weight excluding hydrogens is 366 g/mol. The molecule has 1 aliphatic heterocycles. The Bertz CT molecular complexity index is 864. The number of carbonyl (C=O) groups excluding carboxylic acids is 3. The summed E-state index contributed by atoms with van der Waals surface area (Å²) in [5.74, 6) is 0.169. The van der Waals surface area contributed by atoms with Crippen LogP contribution in [0.25, 0.3) is 0 Å². The van der Waals surface area contributed by atoms with Crippen LogP contribution in [0.15, 0.2) is 24.3 Å². The molecule has 140 valence electrons. The molecule has 6 rings (SSSR count). The van der Waals surface area contributed by atoms with E-state index in [1.54, 1.807) is 12.1 Å². The van der Waals surface area contributed by atoms with Crippen LogP contribution in [0.3, 0.4) is 0 Å². The topological polar surface area (TPSA) is 63.7 Å². The molecule has 0 aromatic heterocycles. The number of benzene rings is 1. The summed E-state index contributed by atoms with van der Waals surface area (Å²) in [5, 5.41) is 0.630. The third-order valence-electron chi connectivity index (χ3n) is 6.68. The van der Waals surface area contributed by atoms with Crippen LogP contribution >= 0.6 is 11.6 Å². The van der Waals surface area contributed by atoms with E-state index in [2.05, 4.69) is 12.2 Å². The van der Waals surface area contributed by atoms with Gasteiger partial charge in [0.05, 0.1) is 11.8 Å². The summed E-state index contributed by atoms with van der Waals surface area (Å²) in [4.78, 5) is 39.3. The number of esters is 1. The lowest BCUT2D eigenvalue weighted by Gasteiger charge is -2.37. The molecule has 6 atom stereocenters. The molecule has 27 heavy (non-hydrogen) atoms. The van der Waals surface area contributed by atoms with Gasteiger partial charge in [-0.2, -0.15) is 0 Å². The third-order valence-corrected chi connectivity index (χ3v) is 7.28. The Kier molecular flexibility index (Phi) is 3.57. The average Bonchev–Trinajstić information content (AvgIpc) is 3.41. The number of likely N-dealkylation sites (tertiary alicyclic amines) is 1. The first-order chi connectivity index (χ1) is 12.9. The second kappa shape index (κ2) is 5.68. The molecule has 0 radical (unpaired) electrons. The fourth-order valence-electron chi connectivity index (χ4n) is 5.43. The van der Waals surface area contributed by atoms with Gasteiger partial charge < -0.3 is 4.74 Å². The summed E-state index contributed by atoms with van der Waals surface area (Å²) in [6.45, 7) is 3.33. The normalized spacial score (nSPS) is 35.3. The van der Waals surface area contributed by atoms with E-state index in [0.29, 0.717) is 22.6 Å². The zero-order chi connectivity index (χ0) is 19.0. The SMILES string of the molecule is Cc1cc(OC(=O)CN2C(=O)[C@H]3[C@@H]4C=C[C@H]([C@H]5C[C@H]45)[C@@H]3C2=O)cc(C)c1Cl. The first-order valence-corrected chi connectivity index (χ1v) is 9.75. The van der Waals surface area contributed by atoms with Crippen molar-refractivity contribution in [2.75, 3.05) is 6.54 Å². The number of halogens is 1. The number of hydrogen-bond acceptors (Lipinski definition) is 4. The summed E-state index contributed by atoms with van der Waals surface area (Å²) in [6, 6.07) is 3.36. The molecule has 2 amide bonds. The Hall–Kier alpha value is -2.14. The van der Waals surface area contributed by atoms with Crippen molar-refractivity contribution in [1.29, 1.82) is 0 Å². The van der Waals surface area contributed by atoms with Crippen molar-refractivity contribution in [2.24, 2.45) is 35.5 Å². The van der Waals surface area contributed by atoms with Gasteiger partial charge in [0.2, 0.25) is 11.8 Å². The van der Waals surface area contributed by atoms with Gasteiger partial charge in [0, 0.05) is 5.02 Å². The first-order valence-electron chi connectivity index (χ1n) is 9.38. The van der Waals surface area contributed by atoms with E-state index in [9.17, 15) is 14.4 Å². The van der Waals surface area contributed by atoms with Gasteiger partial charge in [0.1, 0.15) is 12.3 Å². The molecule has 3 fully saturated rings. The molecule has 0 unspecified atom stereocenters. The second-order valence-corrected chi connectivity index (χ2v) is 8.64. The number of allylic oxidation sites excluding steroid dienone is 2. The van der Waals surface area contributed by atoms with Crippen LogP contribution < -0.4 is 4.74 Å². The van der Waals surface area contributed by atoms with Gasteiger partial charge >= 0.3 is 5.97 Å². The number of aryl methyl sites for hydroxylation is 2. The van der Waals surface area contributed by atoms with Gasteiger partial charge in [0.25, 0.3) is 0 Å². The molecule has 4 aliphatic carbocycles. The summed E-state index contributed by atoms with van der Waals surface area (Å²) in [6.07, 6.45) is 5.35. The lowest BCUT2D eigenvalue weighted by atomic mass is 9.63. The Morgan fingerprint density at radius 1 is 1.07 bits per heavy atom. The molecule has 2 bridgehead atoms. The number of nitrogens with zero attached hydrogens (tertiary/aromatic N) is 1. The van der Waals surface area contributed by atoms with Crippen molar-refractivity contribution in [3.05, 3.63) is 40.4 Å². The Labute approximate surface area is 162 Å². The number of imide groups is 1. The molecule has 2 saturated carbocycles. The maximum absolute atomic E-state index is 12.9. The number of hydrogen-bond donors (Lipinski definition) is 0. The van der Waals surface area contributed by atoms with E-state index in [0.717, 1.165) is 22.4 Å². The van der Waals surface area contributed by atoms with Crippen LogP contribution in [0.1, 0.15) is 17.5 Å². The summed E-state index contributed by atoms with van der Waals surface area (Å²) in [5.41, 5.74) is 1.61. The minimum atomic E-state index is -0.609. The van der Waals surface area contributed by atoms with Crippen LogP contribution in [0, 0.1) is 49.4 Å². The molecule has 5 aliphatic rings. The van der Waals surface area contributed by atoms with Crippen molar-refractivity contribution in [2.45, 2.75) is 20.3 Å². The molecule has 1 saturated heterocycles. The molecule has 0 N–H and O–H groups in total. The molecule has 1 aromatic rings. The van der Waals surface area contributed by atoms with Crippen LogP contribution in [-0.4, -0.2) is 29.2 Å². The highest BCUT2D eigenvalue weighted by Gasteiger charge is 2.67. The number of rotatable bonds is 3. The van der Waals surface area contributed by atoms with E-state index in [1.807, 2.05) is 13.8 Å². The van der Waals surface area contributed by atoms with Crippen molar-refractivity contribution in [3.8, 4) is 5.75 Å². The number of amides is 2. The minimum absolute atomic E-state index is 0.157. The summed E-state index contributed by atoms with van der Waals surface area (Å²) in [7, 11) is 0. The highest BCUT2D eigenvalue weighted by atomic mass is 35.5. The smallest absolute Gasteiger partial charge is 0.331 e. The van der Waals surface area contributed by atoms with E-state index < -0.39 is 5.97 Å². The molecule has 0 spiro atoms. The number of carbonyl (C=O) groups is 3. The van der Waals surface area contributed by atoms with Crippen molar-refractivity contribution in [1.82, 2.24) is 4.90 Å². The average molecular weight is 386 g/mol. The zero-order valence-corrected chi connectivity index (χ0v) is 15.9. The number of ether oxygens (including phenoxy) is 1. The van der Waals surface area contributed by atoms with Crippen LogP contribution in [0.4, 0.5) is 0 Å². The van der Waals surface area contributed by atoms with Gasteiger partial charge in [-0.25, -0.2) is 4.79 Å². The maximum Gasteiger partial charge on any atom is 0.331 e. The van der Waals surface area contributed by atoms with Crippen molar-refractivity contribution >= 4 is 29.4 Å². The van der Waals surface area contributed by atoms with Crippen molar-refractivity contribution in [3.63, 3.8) is 0 Å². The largest absolute Gasteiger partial charge is 0.425 e. The van der Waals surface area contributed by atoms with Crippen molar-refractivity contribution < 1.29 is 19.1 Å². The molecule has 5 nitrogen and oxygen atoms in total. The van der Waals surface area contributed by atoms with Gasteiger partial charge in [0.15, 0.2) is 0 Å². The van der Waals surface area contributed by atoms with Gasteiger partial charge in [-0.15, -0.1) is 0 Å². The summed E-state index contributed by atoms with van der Waals surface area (Å²) >= 11 is 6.14. The second-order valence-electron chi connectivity index (χ2n) is 8.26.